The van der Waals surface area contributed by atoms with Crippen LogP contribution in [0.3, 0.4) is 0 Å². The number of aromatic nitrogens is 2. The second-order valence-corrected chi connectivity index (χ2v) is 3.90. The van der Waals surface area contributed by atoms with Crippen molar-refractivity contribution in [1.82, 2.24) is 9.55 Å². The highest BCUT2D eigenvalue weighted by Gasteiger charge is 2.06. The predicted octanol–water partition coefficient (Wildman–Crippen LogP) is 0.990. The van der Waals surface area contributed by atoms with Gasteiger partial charge >= 0.3 is 5.69 Å². The zero-order chi connectivity index (χ0) is 10.1. The average molecular weight is 231 g/mol. The van der Waals surface area contributed by atoms with Crippen molar-refractivity contribution < 1.29 is 0 Å². The number of H-pyrrole nitrogens is 1. The quantitative estimate of drug-likeness (QED) is 0.783. The van der Waals surface area contributed by atoms with Crippen molar-refractivity contribution in [3.63, 3.8) is 0 Å². The Morgan fingerprint density at radius 2 is 2.21 bits per heavy atom. The second-order valence-electron chi connectivity index (χ2n) is 2.78. The van der Waals surface area contributed by atoms with Gasteiger partial charge in [0, 0.05) is 23.2 Å². The van der Waals surface area contributed by atoms with E-state index in [4.69, 9.17) is 11.6 Å². The highest BCUT2D eigenvalue weighted by atomic mass is 35.5. The van der Waals surface area contributed by atoms with Crippen LogP contribution in [0.2, 0.25) is 0 Å². The molecular weight excluding hydrogens is 224 g/mol. The molecule has 0 aliphatic heterocycles. The van der Waals surface area contributed by atoms with E-state index < -0.39 is 5.69 Å². The van der Waals surface area contributed by atoms with Crippen molar-refractivity contribution in [2.75, 3.05) is 5.88 Å². The monoisotopic (exact) mass is 230 g/mol. The van der Waals surface area contributed by atoms with Crippen LogP contribution in [0, 0.1) is 0 Å². The minimum Gasteiger partial charge on any atom is -0.306 e. The first-order valence-corrected chi connectivity index (χ1v) is 5.47. The molecule has 0 saturated carbocycles. The predicted molar refractivity (Wildman–Crippen MR) is 57.4 cm³/mol. The first-order chi connectivity index (χ1) is 6.74. The van der Waals surface area contributed by atoms with E-state index in [2.05, 4.69) is 4.98 Å². The summed E-state index contributed by atoms with van der Waals surface area (Å²) in [5, 5.41) is 4.00. The summed E-state index contributed by atoms with van der Waals surface area (Å²) in [6, 6.07) is 0. The van der Waals surface area contributed by atoms with E-state index in [1.807, 2.05) is 0 Å². The Morgan fingerprint density at radius 3 is 2.93 bits per heavy atom. The van der Waals surface area contributed by atoms with Crippen LogP contribution in [0.15, 0.2) is 20.3 Å². The molecule has 2 aromatic rings. The third-order valence-electron chi connectivity index (χ3n) is 1.93. The number of alkyl halides is 1. The van der Waals surface area contributed by atoms with E-state index in [9.17, 15) is 9.59 Å². The lowest BCUT2D eigenvalue weighted by atomic mass is 10.4. The van der Waals surface area contributed by atoms with Crippen LogP contribution >= 0.6 is 22.9 Å². The molecule has 2 aromatic heterocycles. The maximum Gasteiger partial charge on any atom is 0.328 e. The van der Waals surface area contributed by atoms with Gasteiger partial charge in [0.1, 0.15) is 0 Å². The number of aromatic amines is 1. The maximum absolute atomic E-state index is 11.7. The molecule has 2 rings (SSSR count). The minimum absolute atomic E-state index is 0.238. The topological polar surface area (TPSA) is 54.9 Å². The number of halogens is 1. The normalized spacial score (nSPS) is 10.9. The largest absolute Gasteiger partial charge is 0.328 e. The van der Waals surface area contributed by atoms with Crippen LogP contribution in [-0.4, -0.2) is 15.4 Å². The molecule has 0 aliphatic carbocycles. The third kappa shape index (κ3) is 1.38. The van der Waals surface area contributed by atoms with Gasteiger partial charge in [0.25, 0.3) is 5.56 Å². The molecule has 14 heavy (non-hydrogen) atoms. The number of thiophene rings is 1. The lowest BCUT2D eigenvalue weighted by molar-refractivity contribution is 0.689. The highest BCUT2D eigenvalue weighted by molar-refractivity contribution is 7.09. The van der Waals surface area contributed by atoms with Crippen molar-refractivity contribution in [3.8, 4) is 0 Å². The fourth-order valence-electron chi connectivity index (χ4n) is 1.27. The van der Waals surface area contributed by atoms with Gasteiger partial charge in [0.15, 0.2) is 0 Å². The van der Waals surface area contributed by atoms with E-state index in [1.54, 1.807) is 10.8 Å². The van der Waals surface area contributed by atoms with Crippen molar-refractivity contribution >= 4 is 33.8 Å². The Bertz CT molecular complexity index is 568. The molecule has 0 fully saturated rings. The van der Waals surface area contributed by atoms with Crippen molar-refractivity contribution in [1.29, 1.82) is 0 Å². The van der Waals surface area contributed by atoms with E-state index in [0.29, 0.717) is 10.9 Å². The SMILES string of the molecule is O=c1[nH]c2cscc2c(=O)n1CCCl. The minimum atomic E-state index is -0.401. The molecule has 6 heteroatoms. The van der Waals surface area contributed by atoms with Gasteiger partial charge in [-0.15, -0.1) is 22.9 Å². The molecule has 0 bridgehead atoms. The van der Waals surface area contributed by atoms with Crippen LogP contribution in [-0.2, 0) is 6.54 Å². The summed E-state index contributed by atoms with van der Waals surface area (Å²) in [6.07, 6.45) is 0. The molecule has 0 unspecified atom stereocenters. The van der Waals surface area contributed by atoms with Gasteiger partial charge in [-0.1, -0.05) is 0 Å². The summed E-state index contributed by atoms with van der Waals surface area (Å²) in [5.41, 5.74) is -0.0805. The summed E-state index contributed by atoms with van der Waals surface area (Å²) >= 11 is 6.88. The van der Waals surface area contributed by atoms with Gasteiger partial charge in [-0.2, -0.15) is 0 Å². The van der Waals surface area contributed by atoms with Gasteiger partial charge < -0.3 is 4.98 Å². The van der Waals surface area contributed by atoms with Crippen molar-refractivity contribution in [3.05, 3.63) is 31.6 Å². The van der Waals surface area contributed by atoms with Crippen molar-refractivity contribution in [2.24, 2.45) is 0 Å². The lowest BCUT2D eigenvalue weighted by Gasteiger charge is -2.00. The molecule has 0 saturated heterocycles. The van der Waals surface area contributed by atoms with Crippen LogP contribution < -0.4 is 11.2 Å². The van der Waals surface area contributed by atoms with Crippen LogP contribution in [0.1, 0.15) is 0 Å². The molecule has 0 radical (unpaired) electrons. The Balaban J connectivity index is 2.83. The van der Waals surface area contributed by atoms with E-state index in [1.165, 1.54) is 11.3 Å². The molecule has 0 spiro atoms. The summed E-state index contributed by atoms with van der Waals surface area (Å²) in [4.78, 5) is 25.7. The fraction of sp³-hybridized carbons (Fsp3) is 0.250. The Hall–Kier alpha value is -1.07. The van der Waals surface area contributed by atoms with Crippen LogP contribution in [0.4, 0.5) is 0 Å². The van der Waals surface area contributed by atoms with E-state index >= 15 is 0 Å². The first kappa shape index (κ1) is 9.48. The average Bonchev–Trinajstić information content (AvgIpc) is 2.60. The van der Waals surface area contributed by atoms with Crippen LogP contribution in [0.5, 0.6) is 0 Å². The van der Waals surface area contributed by atoms with Gasteiger partial charge in [0.2, 0.25) is 0 Å². The lowest BCUT2D eigenvalue weighted by Crippen LogP contribution is -2.35. The van der Waals surface area contributed by atoms with Gasteiger partial charge in [-0.05, 0) is 0 Å². The zero-order valence-corrected chi connectivity index (χ0v) is 8.69. The molecular formula is C8H7ClN2O2S. The molecule has 0 amide bonds. The number of nitrogens with one attached hydrogen (secondary N) is 1. The first-order valence-electron chi connectivity index (χ1n) is 3.99. The standard InChI is InChI=1S/C8H7ClN2O2S/c9-1-2-11-7(12)5-3-14-4-6(5)10-8(11)13/h3-4H,1-2H2,(H,10,13). The summed E-state index contributed by atoms with van der Waals surface area (Å²) in [5.74, 6) is 0.249. The number of hydrogen-bond acceptors (Lipinski definition) is 3. The summed E-state index contributed by atoms with van der Waals surface area (Å²) in [7, 11) is 0. The Labute approximate surface area is 87.8 Å². The molecule has 0 aromatic carbocycles. The number of hydrogen-bond donors (Lipinski definition) is 1. The fourth-order valence-corrected chi connectivity index (χ4v) is 2.19. The maximum atomic E-state index is 11.7. The third-order valence-corrected chi connectivity index (χ3v) is 2.84. The molecule has 0 atom stereocenters. The number of nitrogens with zero attached hydrogens (tertiary/aromatic N) is 1. The molecule has 0 aliphatic rings. The number of rotatable bonds is 2. The van der Waals surface area contributed by atoms with E-state index in [-0.39, 0.29) is 18.0 Å². The second kappa shape index (κ2) is 3.59. The van der Waals surface area contributed by atoms with E-state index in [0.717, 1.165) is 4.57 Å². The Morgan fingerprint density at radius 1 is 1.43 bits per heavy atom. The molecule has 2 heterocycles. The molecule has 1 N–H and O–H groups in total. The highest BCUT2D eigenvalue weighted by Crippen LogP contribution is 2.10. The van der Waals surface area contributed by atoms with Crippen LogP contribution in [0.25, 0.3) is 10.9 Å². The van der Waals surface area contributed by atoms with Gasteiger partial charge in [-0.3, -0.25) is 9.36 Å². The number of fused-ring (bicyclic) bond motifs is 1. The van der Waals surface area contributed by atoms with Crippen molar-refractivity contribution in [2.45, 2.75) is 6.54 Å². The zero-order valence-electron chi connectivity index (χ0n) is 7.12. The molecule has 74 valence electrons. The Kier molecular flexibility index (Phi) is 2.43. The smallest absolute Gasteiger partial charge is 0.306 e. The summed E-state index contributed by atoms with van der Waals surface area (Å²) < 4.78 is 1.11. The summed E-state index contributed by atoms with van der Waals surface area (Å²) in [6.45, 7) is 0.238. The van der Waals surface area contributed by atoms with Gasteiger partial charge in [-0.25, -0.2) is 4.79 Å². The molecule has 4 nitrogen and oxygen atoms in total. The van der Waals surface area contributed by atoms with Gasteiger partial charge in [0.05, 0.1) is 10.9 Å².